The minimum absolute atomic E-state index is 0.137. The minimum atomic E-state index is -0.322. The zero-order valence-corrected chi connectivity index (χ0v) is 20.6. The normalized spacial score (nSPS) is 17.9. The number of carbonyl (C=O) groups excluding carboxylic acids is 2. The van der Waals surface area contributed by atoms with E-state index in [1.54, 1.807) is 6.07 Å². The highest BCUT2D eigenvalue weighted by Gasteiger charge is 2.40. The first kappa shape index (κ1) is 24.6. The van der Waals surface area contributed by atoms with Gasteiger partial charge in [0.05, 0.1) is 26.2 Å². The van der Waals surface area contributed by atoms with Crippen molar-refractivity contribution < 1.29 is 19.1 Å². The Balaban J connectivity index is 1.42. The summed E-state index contributed by atoms with van der Waals surface area (Å²) in [5, 5.41) is 0.618. The average molecular weight is 485 g/mol. The van der Waals surface area contributed by atoms with Crippen LogP contribution in [0.15, 0.2) is 48.5 Å². The zero-order valence-electron chi connectivity index (χ0n) is 19.8. The van der Waals surface area contributed by atoms with Gasteiger partial charge >= 0.3 is 0 Å². The molecule has 0 unspecified atom stereocenters. The molecule has 0 spiro atoms. The molecule has 0 aromatic heterocycles. The van der Waals surface area contributed by atoms with E-state index in [0.29, 0.717) is 69.6 Å². The second kappa shape index (κ2) is 11.2. The molecule has 2 heterocycles. The Morgan fingerprint density at radius 1 is 0.971 bits per heavy atom. The average Bonchev–Trinajstić information content (AvgIpc) is 2.85. The van der Waals surface area contributed by atoms with E-state index in [2.05, 4.69) is 0 Å². The predicted molar refractivity (Wildman–Crippen MR) is 132 cm³/mol. The van der Waals surface area contributed by atoms with Crippen molar-refractivity contribution >= 4 is 23.4 Å². The molecule has 0 atom stereocenters. The highest BCUT2D eigenvalue weighted by atomic mass is 35.5. The summed E-state index contributed by atoms with van der Waals surface area (Å²) in [5.41, 5.74) is 1.88. The third kappa shape index (κ3) is 6.30. The van der Waals surface area contributed by atoms with Crippen molar-refractivity contribution in [1.29, 1.82) is 0 Å². The maximum absolute atomic E-state index is 13.1. The first-order valence-electron chi connectivity index (χ1n) is 12.0. The lowest BCUT2D eigenvalue weighted by Gasteiger charge is -2.42. The van der Waals surface area contributed by atoms with Crippen LogP contribution >= 0.6 is 11.6 Å². The van der Waals surface area contributed by atoms with Crippen LogP contribution in [0.5, 0.6) is 5.75 Å². The third-order valence-corrected chi connectivity index (χ3v) is 7.25. The van der Waals surface area contributed by atoms with Gasteiger partial charge in [0.1, 0.15) is 5.75 Å². The molecule has 2 saturated heterocycles. The first-order valence-corrected chi connectivity index (χ1v) is 12.4. The van der Waals surface area contributed by atoms with Crippen LogP contribution < -0.4 is 4.74 Å². The Kier molecular flexibility index (Phi) is 8.11. The van der Waals surface area contributed by atoms with Gasteiger partial charge in [-0.3, -0.25) is 9.59 Å². The fourth-order valence-electron chi connectivity index (χ4n) is 4.72. The maximum atomic E-state index is 13.1. The van der Waals surface area contributed by atoms with Gasteiger partial charge < -0.3 is 19.3 Å². The largest absolute Gasteiger partial charge is 0.493 e. The van der Waals surface area contributed by atoms with Crippen LogP contribution in [0.3, 0.4) is 0 Å². The number of carbonyl (C=O) groups is 2. The smallest absolute Gasteiger partial charge is 0.226 e. The lowest BCUT2D eigenvalue weighted by atomic mass is 9.75. The summed E-state index contributed by atoms with van der Waals surface area (Å²) in [6.07, 6.45) is 2.27. The van der Waals surface area contributed by atoms with E-state index in [0.717, 1.165) is 24.0 Å². The topological polar surface area (TPSA) is 59.1 Å². The van der Waals surface area contributed by atoms with Crippen molar-refractivity contribution in [2.45, 2.75) is 32.6 Å². The summed E-state index contributed by atoms with van der Waals surface area (Å²) < 4.78 is 11.5. The highest BCUT2D eigenvalue weighted by Crippen LogP contribution is 2.37. The van der Waals surface area contributed by atoms with Crippen LogP contribution in [0.4, 0.5) is 0 Å². The van der Waals surface area contributed by atoms with E-state index < -0.39 is 0 Å². The molecule has 0 bridgehead atoms. The van der Waals surface area contributed by atoms with Gasteiger partial charge in [0.15, 0.2) is 0 Å². The number of likely N-dealkylation sites (tertiary alicyclic amines) is 1. The van der Waals surface area contributed by atoms with Crippen LogP contribution in [-0.2, 0) is 20.7 Å². The number of halogens is 1. The quantitative estimate of drug-likeness (QED) is 0.593. The molecule has 0 saturated carbocycles. The molecule has 7 heteroatoms. The fraction of sp³-hybridized carbons (Fsp3) is 0.481. The molecule has 34 heavy (non-hydrogen) atoms. The Bertz CT molecular complexity index is 998. The number of rotatable bonds is 7. The summed E-state index contributed by atoms with van der Waals surface area (Å²) in [6, 6.07) is 15.4. The van der Waals surface area contributed by atoms with Crippen LogP contribution in [0.25, 0.3) is 0 Å². The van der Waals surface area contributed by atoms with Gasteiger partial charge in [-0.05, 0) is 49.1 Å². The molecule has 2 aliphatic heterocycles. The van der Waals surface area contributed by atoms with Gasteiger partial charge in [-0.2, -0.15) is 0 Å². The molecule has 2 aliphatic rings. The van der Waals surface area contributed by atoms with Gasteiger partial charge in [-0.1, -0.05) is 41.9 Å². The van der Waals surface area contributed by atoms with Gasteiger partial charge in [0, 0.05) is 43.0 Å². The molecule has 0 radical (unpaired) electrons. The monoisotopic (exact) mass is 484 g/mol. The van der Waals surface area contributed by atoms with Crippen molar-refractivity contribution in [3.8, 4) is 5.75 Å². The summed E-state index contributed by atoms with van der Waals surface area (Å²) in [5.74, 6) is 0.972. The van der Waals surface area contributed by atoms with Crippen molar-refractivity contribution in [3.63, 3.8) is 0 Å². The van der Waals surface area contributed by atoms with E-state index >= 15 is 0 Å². The number of hydrogen-bond acceptors (Lipinski definition) is 4. The van der Waals surface area contributed by atoms with E-state index in [9.17, 15) is 9.59 Å². The van der Waals surface area contributed by atoms with Crippen LogP contribution in [0.1, 0.15) is 30.4 Å². The second-order valence-corrected chi connectivity index (χ2v) is 9.84. The Hall–Kier alpha value is -2.57. The summed E-state index contributed by atoms with van der Waals surface area (Å²) >= 11 is 6.12. The second-order valence-electron chi connectivity index (χ2n) is 9.40. The predicted octanol–water partition coefficient (Wildman–Crippen LogP) is 4.13. The van der Waals surface area contributed by atoms with Crippen molar-refractivity contribution in [1.82, 2.24) is 9.80 Å². The molecule has 2 aromatic rings. The summed E-state index contributed by atoms with van der Waals surface area (Å²) in [6.45, 7) is 6.13. The van der Waals surface area contributed by atoms with Crippen LogP contribution in [0, 0.1) is 12.3 Å². The standard InChI is InChI=1S/C27H33ClN2O4/c1-21-5-2-3-6-22(21)17-25(31)29-11-9-27(10-12-29,19-26(32)30-13-15-33-16-14-30)20-34-24-8-4-7-23(28)18-24/h2-8,18H,9-17,19-20H2,1H3. The van der Waals surface area contributed by atoms with Crippen molar-refractivity contribution in [3.05, 3.63) is 64.7 Å². The molecule has 2 aromatic carbocycles. The number of hydrogen-bond donors (Lipinski definition) is 0. The Morgan fingerprint density at radius 2 is 1.68 bits per heavy atom. The fourth-order valence-corrected chi connectivity index (χ4v) is 4.90. The van der Waals surface area contributed by atoms with Crippen molar-refractivity contribution in [2.24, 2.45) is 5.41 Å². The summed E-state index contributed by atoms with van der Waals surface area (Å²) in [7, 11) is 0. The maximum Gasteiger partial charge on any atom is 0.226 e. The van der Waals surface area contributed by atoms with Gasteiger partial charge in [-0.15, -0.1) is 0 Å². The number of nitrogens with zero attached hydrogens (tertiary/aromatic N) is 2. The van der Waals surface area contributed by atoms with E-state index in [4.69, 9.17) is 21.1 Å². The number of piperidine rings is 1. The minimum Gasteiger partial charge on any atom is -0.493 e. The molecule has 2 amide bonds. The van der Waals surface area contributed by atoms with Crippen molar-refractivity contribution in [2.75, 3.05) is 46.0 Å². The van der Waals surface area contributed by atoms with Crippen LogP contribution in [0.2, 0.25) is 5.02 Å². The lowest BCUT2D eigenvalue weighted by Crippen LogP contribution is -2.49. The number of benzene rings is 2. The molecule has 4 rings (SSSR count). The molecule has 2 fully saturated rings. The SMILES string of the molecule is Cc1ccccc1CC(=O)N1CCC(COc2cccc(Cl)c2)(CC(=O)N2CCOCC2)CC1. The number of morpholine rings is 1. The van der Waals surface area contributed by atoms with Crippen LogP contribution in [-0.4, -0.2) is 67.6 Å². The van der Waals surface area contributed by atoms with E-state index in [-0.39, 0.29) is 17.2 Å². The zero-order chi connectivity index (χ0) is 24.0. The molecular formula is C27H33ClN2O4. The summed E-state index contributed by atoms with van der Waals surface area (Å²) in [4.78, 5) is 30.0. The highest BCUT2D eigenvalue weighted by molar-refractivity contribution is 6.30. The molecule has 6 nitrogen and oxygen atoms in total. The third-order valence-electron chi connectivity index (χ3n) is 7.01. The first-order chi connectivity index (χ1) is 16.4. The molecular weight excluding hydrogens is 452 g/mol. The Morgan fingerprint density at radius 3 is 2.38 bits per heavy atom. The molecule has 182 valence electrons. The van der Waals surface area contributed by atoms with Gasteiger partial charge in [0.25, 0.3) is 0 Å². The lowest BCUT2D eigenvalue weighted by molar-refractivity contribution is -0.140. The number of ether oxygens (including phenoxy) is 2. The Labute approximate surface area is 206 Å². The molecule has 0 N–H and O–H groups in total. The number of amides is 2. The number of aryl methyl sites for hydroxylation is 1. The van der Waals surface area contributed by atoms with Gasteiger partial charge in [0.2, 0.25) is 11.8 Å². The molecule has 0 aliphatic carbocycles. The van der Waals surface area contributed by atoms with E-state index in [1.165, 1.54) is 0 Å². The van der Waals surface area contributed by atoms with E-state index in [1.807, 2.05) is 59.2 Å². The van der Waals surface area contributed by atoms with Gasteiger partial charge in [-0.25, -0.2) is 0 Å².